The van der Waals surface area contributed by atoms with Crippen LogP contribution >= 0.6 is 0 Å². The molecular weight excluding hydrogens is 322 g/mol. The monoisotopic (exact) mass is 353 g/mol. The van der Waals surface area contributed by atoms with Gasteiger partial charge in [0.05, 0.1) is 6.61 Å². The summed E-state index contributed by atoms with van der Waals surface area (Å²) in [7, 11) is 0. The highest BCUT2D eigenvalue weighted by atomic mass is 16.5. The maximum Gasteiger partial charge on any atom is 0.122 e. The van der Waals surface area contributed by atoms with Crippen molar-refractivity contribution in [2.24, 2.45) is 0 Å². The Hall–Kier alpha value is -2.26. The number of rotatable bonds is 11. The number of allylic oxidation sites excluding steroid dienone is 1. The van der Waals surface area contributed by atoms with E-state index in [0.717, 1.165) is 31.4 Å². The Balaban J connectivity index is 1.80. The minimum absolute atomic E-state index is 0.315. The highest BCUT2D eigenvalue weighted by molar-refractivity contribution is 5.34. The molecule has 0 saturated carbocycles. The van der Waals surface area contributed by atoms with Gasteiger partial charge in [0.1, 0.15) is 11.5 Å². The molecule has 3 heteroatoms. The second kappa shape index (κ2) is 10.7. The number of aromatic hydroxyl groups is 1. The lowest BCUT2D eigenvalue weighted by atomic mass is 10.0. The molecule has 3 nitrogen and oxygen atoms in total. The second-order valence-corrected chi connectivity index (χ2v) is 6.78. The summed E-state index contributed by atoms with van der Waals surface area (Å²) in [5, 5.41) is 13.1. The van der Waals surface area contributed by atoms with Crippen molar-refractivity contribution >= 4 is 0 Å². The summed E-state index contributed by atoms with van der Waals surface area (Å²) in [5.74, 6) is 1.27. The minimum Gasteiger partial charge on any atom is -0.508 e. The van der Waals surface area contributed by atoms with Gasteiger partial charge in [-0.15, -0.1) is 6.58 Å². The highest BCUT2D eigenvalue weighted by Crippen LogP contribution is 2.19. The van der Waals surface area contributed by atoms with E-state index in [-0.39, 0.29) is 0 Å². The van der Waals surface area contributed by atoms with Crippen LogP contribution in [0.3, 0.4) is 0 Å². The molecule has 2 unspecified atom stereocenters. The van der Waals surface area contributed by atoms with Crippen LogP contribution in [0.25, 0.3) is 0 Å². The van der Waals surface area contributed by atoms with Crippen molar-refractivity contribution in [1.82, 2.24) is 5.32 Å². The van der Waals surface area contributed by atoms with E-state index in [4.69, 9.17) is 4.74 Å². The minimum atomic E-state index is 0.315. The molecular formula is C23H31NO2. The van der Waals surface area contributed by atoms with Gasteiger partial charge in [-0.25, -0.2) is 0 Å². The van der Waals surface area contributed by atoms with Crippen molar-refractivity contribution in [1.29, 1.82) is 0 Å². The summed E-state index contributed by atoms with van der Waals surface area (Å²) >= 11 is 0. The van der Waals surface area contributed by atoms with E-state index < -0.39 is 0 Å². The fraction of sp³-hybridized carbons (Fsp3) is 0.391. The van der Waals surface area contributed by atoms with Crippen LogP contribution in [-0.4, -0.2) is 23.8 Å². The van der Waals surface area contributed by atoms with Crippen LogP contribution in [0.15, 0.2) is 61.2 Å². The Morgan fingerprint density at radius 1 is 1.15 bits per heavy atom. The van der Waals surface area contributed by atoms with E-state index in [2.05, 4.69) is 31.8 Å². The SMILES string of the molecule is C=CCc1ccccc1OCCC(CC)NC(C)Cc1ccc(O)cc1. The lowest BCUT2D eigenvalue weighted by molar-refractivity contribution is 0.274. The van der Waals surface area contributed by atoms with Gasteiger partial charge in [0.25, 0.3) is 0 Å². The van der Waals surface area contributed by atoms with Gasteiger partial charge in [0.2, 0.25) is 0 Å². The first-order chi connectivity index (χ1) is 12.6. The van der Waals surface area contributed by atoms with E-state index in [1.807, 2.05) is 36.4 Å². The van der Waals surface area contributed by atoms with Crippen LogP contribution in [0, 0.1) is 0 Å². The number of phenolic OH excluding ortho intramolecular Hbond substituents is 1. The summed E-state index contributed by atoms with van der Waals surface area (Å²) in [5.41, 5.74) is 2.41. The standard InChI is InChI=1S/C23H31NO2/c1-4-8-20-9-6-7-10-23(20)26-16-15-21(5-2)24-18(3)17-19-11-13-22(25)14-12-19/h4,6-7,9-14,18,21,24-25H,1,5,8,15-17H2,2-3H3. The molecule has 0 spiro atoms. The van der Waals surface area contributed by atoms with Gasteiger partial charge in [0.15, 0.2) is 0 Å². The number of nitrogens with one attached hydrogen (secondary N) is 1. The number of ether oxygens (including phenoxy) is 1. The zero-order valence-corrected chi connectivity index (χ0v) is 15.9. The van der Waals surface area contributed by atoms with Crippen molar-refractivity contribution in [2.45, 2.75) is 51.6 Å². The second-order valence-electron chi connectivity index (χ2n) is 6.78. The molecule has 2 rings (SSSR count). The van der Waals surface area contributed by atoms with E-state index in [9.17, 15) is 5.11 Å². The molecule has 0 saturated heterocycles. The Kier molecular flexibility index (Phi) is 8.23. The molecule has 0 aromatic heterocycles. The summed E-state index contributed by atoms with van der Waals surface area (Å²) < 4.78 is 6.02. The molecule has 0 radical (unpaired) electrons. The van der Waals surface area contributed by atoms with Gasteiger partial charge >= 0.3 is 0 Å². The molecule has 2 aromatic rings. The first-order valence-corrected chi connectivity index (χ1v) is 9.48. The molecule has 2 atom stereocenters. The third kappa shape index (κ3) is 6.57. The summed E-state index contributed by atoms with van der Waals surface area (Å²) in [6, 6.07) is 16.4. The molecule has 0 aliphatic rings. The predicted molar refractivity (Wildman–Crippen MR) is 109 cm³/mol. The summed E-state index contributed by atoms with van der Waals surface area (Å²) in [6.45, 7) is 8.92. The van der Waals surface area contributed by atoms with Crippen LogP contribution in [0.1, 0.15) is 37.8 Å². The quantitative estimate of drug-likeness (QED) is 0.565. The predicted octanol–water partition coefficient (Wildman–Crippen LogP) is 4.89. The van der Waals surface area contributed by atoms with E-state index >= 15 is 0 Å². The largest absolute Gasteiger partial charge is 0.508 e. The van der Waals surface area contributed by atoms with Gasteiger partial charge in [0, 0.05) is 12.1 Å². The summed E-state index contributed by atoms with van der Waals surface area (Å²) in [6.07, 6.45) is 5.72. The average Bonchev–Trinajstić information content (AvgIpc) is 2.64. The fourth-order valence-electron chi connectivity index (χ4n) is 3.13. The zero-order valence-electron chi connectivity index (χ0n) is 15.9. The van der Waals surface area contributed by atoms with Crippen LogP contribution in [0.5, 0.6) is 11.5 Å². The molecule has 140 valence electrons. The number of hydrogen-bond acceptors (Lipinski definition) is 3. The number of benzene rings is 2. The molecule has 0 aliphatic heterocycles. The molecule has 0 bridgehead atoms. The van der Waals surface area contributed by atoms with Gasteiger partial charge in [-0.3, -0.25) is 0 Å². The highest BCUT2D eigenvalue weighted by Gasteiger charge is 2.12. The van der Waals surface area contributed by atoms with Crippen molar-refractivity contribution < 1.29 is 9.84 Å². The lowest BCUT2D eigenvalue weighted by Gasteiger charge is -2.23. The number of hydrogen-bond donors (Lipinski definition) is 2. The first-order valence-electron chi connectivity index (χ1n) is 9.48. The first kappa shape index (κ1) is 20.1. The molecule has 2 N–H and O–H groups in total. The normalized spacial score (nSPS) is 13.2. The Morgan fingerprint density at radius 3 is 2.58 bits per heavy atom. The zero-order chi connectivity index (χ0) is 18.8. The van der Waals surface area contributed by atoms with Gasteiger partial charge in [-0.05, 0) is 61.9 Å². The third-order valence-electron chi connectivity index (χ3n) is 4.55. The third-order valence-corrected chi connectivity index (χ3v) is 4.55. The molecule has 0 aliphatic carbocycles. The molecule has 0 heterocycles. The average molecular weight is 354 g/mol. The van der Waals surface area contributed by atoms with Gasteiger partial charge < -0.3 is 15.2 Å². The van der Waals surface area contributed by atoms with Crippen molar-refractivity contribution in [3.63, 3.8) is 0 Å². The smallest absolute Gasteiger partial charge is 0.122 e. The molecule has 0 amide bonds. The Bertz CT molecular complexity index is 666. The van der Waals surface area contributed by atoms with Crippen LogP contribution in [-0.2, 0) is 12.8 Å². The topological polar surface area (TPSA) is 41.5 Å². The maximum absolute atomic E-state index is 9.38. The molecule has 26 heavy (non-hydrogen) atoms. The number of phenols is 1. The Labute approximate surface area is 157 Å². The lowest BCUT2D eigenvalue weighted by Crippen LogP contribution is -2.38. The molecule has 0 fully saturated rings. The van der Waals surface area contributed by atoms with E-state index in [0.29, 0.717) is 24.4 Å². The number of para-hydroxylation sites is 1. The van der Waals surface area contributed by atoms with Crippen LogP contribution < -0.4 is 10.1 Å². The van der Waals surface area contributed by atoms with E-state index in [1.54, 1.807) is 12.1 Å². The van der Waals surface area contributed by atoms with Crippen molar-refractivity contribution in [3.8, 4) is 11.5 Å². The van der Waals surface area contributed by atoms with Gasteiger partial charge in [-0.1, -0.05) is 43.3 Å². The van der Waals surface area contributed by atoms with Crippen molar-refractivity contribution in [3.05, 3.63) is 72.3 Å². The summed E-state index contributed by atoms with van der Waals surface area (Å²) in [4.78, 5) is 0. The van der Waals surface area contributed by atoms with Crippen LogP contribution in [0.2, 0.25) is 0 Å². The fourth-order valence-corrected chi connectivity index (χ4v) is 3.13. The van der Waals surface area contributed by atoms with Crippen molar-refractivity contribution in [2.75, 3.05) is 6.61 Å². The van der Waals surface area contributed by atoms with Gasteiger partial charge in [-0.2, -0.15) is 0 Å². The van der Waals surface area contributed by atoms with Crippen LogP contribution in [0.4, 0.5) is 0 Å². The maximum atomic E-state index is 9.38. The van der Waals surface area contributed by atoms with E-state index in [1.165, 1.54) is 11.1 Å². The molecule has 2 aromatic carbocycles. The Morgan fingerprint density at radius 2 is 1.88 bits per heavy atom.